The van der Waals surface area contributed by atoms with E-state index in [1.54, 1.807) is 0 Å². The summed E-state index contributed by atoms with van der Waals surface area (Å²) in [6, 6.07) is 8.73. The molecule has 2 aromatic rings. The zero-order chi connectivity index (χ0) is 21.9. The lowest BCUT2D eigenvalue weighted by atomic mass is 9.77. The van der Waals surface area contributed by atoms with Gasteiger partial charge in [-0.25, -0.2) is 4.98 Å². The van der Waals surface area contributed by atoms with Crippen LogP contribution in [0, 0.1) is 5.92 Å². The second kappa shape index (κ2) is 7.96. The number of benzene rings is 1. The largest absolute Gasteiger partial charge is 0.394 e. The summed E-state index contributed by atoms with van der Waals surface area (Å²) in [7, 11) is -1.08. The van der Waals surface area contributed by atoms with Crippen LogP contribution in [0.15, 0.2) is 29.2 Å². The van der Waals surface area contributed by atoms with E-state index in [4.69, 9.17) is 21.6 Å². The smallest absolute Gasteiger partial charge is 0.227 e. The standard InChI is InChI=1S/C24H29ClN4O2S/c25-17-6-4-15(5-7-17)19-12-18-11-16(19)13-29(18)23-26-20-3-1-10-32(31)21(20)22(27-23)28-24(14-30)8-2-9-24/h4-7,16,18-19,30H,1-3,8-14H2,(H,26,27,28). The molecule has 3 heterocycles. The number of hydrogen-bond donors (Lipinski definition) is 2. The van der Waals surface area contributed by atoms with Crippen LogP contribution >= 0.6 is 11.6 Å². The fourth-order valence-electron chi connectivity index (χ4n) is 6.07. The van der Waals surface area contributed by atoms with Crippen molar-refractivity contribution >= 4 is 34.2 Å². The first kappa shape index (κ1) is 20.9. The third-order valence-corrected chi connectivity index (χ3v) is 9.78. The van der Waals surface area contributed by atoms with Crippen molar-refractivity contribution in [2.24, 2.45) is 5.92 Å². The predicted octanol–water partition coefficient (Wildman–Crippen LogP) is 3.89. The summed E-state index contributed by atoms with van der Waals surface area (Å²) in [6.45, 7) is 1.02. The first-order chi connectivity index (χ1) is 15.5. The molecule has 2 bridgehead atoms. The molecule has 1 saturated heterocycles. The molecular weight excluding hydrogens is 444 g/mol. The Labute approximate surface area is 196 Å². The van der Waals surface area contributed by atoms with Crippen LogP contribution in [0.3, 0.4) is 0 Å². The third-order valence-electron chi connectivity index (χ3n) is 7.99. The molecule has 2 saturated carbocycles. The third kappa shape index (κ3) is 3.44. The fraction of sp³-hybridized carbons (Fsp3) is 0.583. The van der Waals surface area contributed by atoms with Crippen LogP contribution in [0.25, 0.3) is 0 Å². The Hall–Kier alpha value is -1.70. The lowest BCUT2D eigenvalue weighted by Crippen LogP contribution is -2.49. The average molecular weight is 473 g/mol. The normalized spacial score (nSPS) is 30.1. The number of nitrogens with zero attached hydrogens (tertiary/aromatic N) is 3. The van der Waals surface area contributed by atoms with Crippen molar-refractivity contribution in [3.05, 3.63) is 40.5 Å². The van der Waals surface area contributed by atoms with Gasteiger partial charge in [0, 0.05) is 23.4 Å². The number of anilines is 2. The van der Waals surface area contributed by atoms with Crippen LogP contribution in [0.4, 0.5) is 11.8 Å². The van der Waals surface area contributed by atoms with Gasteiger partial charge in [0.2, 0.25) is 5.95 Å². The molecule has 4 atom stereocenters. The summed E-state index contributed by atoms with van der Waals surface area (Å²) in [5, 5.41) is 14.3. The Bertz CT molecular complexity index is 1050. The molecule has 170 valence electrons. The summed E-state index contributed by atoms with van der Waals surface area (Å²) in [5.41, 5.74) is 1.97. The van der Waals surface area contributed by atoms with E-state index in [1.807, 2.05) is 12.1 Å². The molecule has 0 amide bonds. The highest BCUT2D eigenvalue weighted by atomic mass is 35.5. The van der Waals surface area contributed by atoms with Crippen molar-refractivity contribution in [3.63, 3.8) is 0 Å². The molecule has 4 aliphatic rings. The Morgan fingerprint density at radius 3 is 2.66 bits per heavy atom. The van der Waals surface area contributed by atoms with Gasteiger partial charge >= 0.3 is 0 Å². The zero-order valence-corrected chi connectivity index (χ0v) is 19.7. The summed E-state index contributed by atoms with van der Waals surface area (Å²) in [6.07, 6.45) is 6.92. The van der Waals surface area contributed by atoms with Gasteiger partial charge in [-0.3, -0.25) is 4.21 Å². The van der Waals surface area contributed by atoms with Gasteiger partial charge in [0.05, 0.1) is 28.6 Å². The zero-order valence-electron chi connectivity index (χ0n) is 18.1. The van der Waals surface area contributed by atoms with Gasteiger partial charge in [-0.1, -0.05) is 23.7 Å². The first-order valence-electron chi connectivity index (χ1n) is 11.8. The molecular formula is C24H29ClN4O2S. The predicted molar refractivity (Wildman–Crippen MR) is 127 cm³/mol. The van der Waals surface area contributed by atoms with Crippen LogP contribution in [-0.4, -0.2) is 49.8 Å². The molecule has 2 N–H and O–H groups in total. The number of nitrogens with one attached hydrogen (secondary N) is 1. The van der Waals surface area contributed by atoms with Crippen LogP contribution in [0.5, 0.6) is 0 Å². The second-order valence-electron chi connectivity index (χ2n) is 9.91. The Kier molecular flexibility index (Phi) is 5.19. The molecule has 6 nitrogen and oxygen atoms in total. The maximum atomic E-state index is 12.9. The van der Waals surface area contributed by atoms with Crippen molar-refractivity contribution in [2.75, 3.05) is 29.1 Å². The molecule has 1 aromatic carbocycles. The highest BCUT2D eigenvalue weighted by Gasteiger charge is 2.46. The highest BCUT2D eigenvalue weighted by Crippen LogP contribution is 2.49. The molecule has 8 heteroatoms. The van der Waals surface area contributed by atoms with Crippen LogP contribution in [0.2, 0.25) is 5.02 Å². The number of aliphatic hydroxyl groups is 1. The van der Waals surface area contributed by atoms with E-state index in [0.29, 0.717) is 29.4 Å². The van der Waals surface area contributed by atoms with Gasteiger partial charge in [0.25, 0.3) is 0 Å². The number of halogens is 1. The topological polar surface area (TPSA) is 78.4 Å². The van der Waals surface area contributed by atoms with Gasteiger partial charge in [-0.2, -0.15) is 4.98 Å². The first-order valence-corrected chi connectivity index (χ1v) is 13.5. The van der Waals surface area contributed by atoms with E-state index < -0.39 is 10.8 Å². The van der Waals surface area contributed by atoms with Crippen molar-refractivity contribution in [1.29, 1.82) is 0 Å². The lowest BCUT2D eigenvalue weighted by Gasteiger charge is -2.42. The van der Waals surface area contributed by atoms with Gasteiger partial charge in [-0.05, 0) is 74.5 Å². The SMILES string of the molecule is O=S1CCCc2nc(N3CC4CC3CC4c3ccc(Cl)cc3)nc(NC3(CO)CCC3)c21. The molecule has 0 spiro atoms. The Balaban J connectivity index is 1.30. The van der Waals surface area contributed by atoms with E-state index >= 15 is 0 Å². The number of aromatic nitrogens is 2. The monoisotopic (exact) mass is 472 g/mol. The molecule has 2 aliphatic carbocycles. The summed E-state index contributed by atoms with van der Waals surface area (Å²) in [4.78, 5) is 13.0. The molecule has 2 aliphatic heterocycles. The number of piperidine rings is 1. The molecule has 32 heavy (non-hydrogen) atoms. The van der Waals surface area contributed by atoms with E-state index in [0.717, 1.165) is 73.1 Å². The number of rotatable bonds is 5. The van der Waals surface area contributed by atoms with Gasteiger partial charge < -0.3 is 15.3 Å². The van der Waals surface area contributed by atoms with Gasteiger partial charge in [-0.15, -0.1) is 0 Å². The Morgan fingerprint density at radius 1 is 1.19 bits per heavy atom. The minimum absolute atomic E-state index is 0.0743. The van der Waals surface area contributed by atoms with Crippen molar-refractivity contribution in [2.45, 2.75) is 67.3 Å². The quantitative estimate of drug-likeness (QED) is 0.687. The van der Waals surface area contributed by atoms with E-state index in [9.17, 15) is 9.32 Å². The highest BCUT2D eigenvalue weighted by molar-refractivity contribution is 7.85. The maximum Gasteiger partial charge on any atom is 0.227 e. The Morgan fingerprint density at radius 2 is 2.00 bits per heavy atom. The van der Waals surface area contributed by atoms with Crippen LogP contribution in [0.1, 0.15) is 55.7 Å². The summed E-state index contributed by atoms with van der Waals surface area (Å²) in [5.74, 6) is 3.26. The molecule has 1 aromatic heterocycles. The van der Waals surface area contributed by atoms with Crippen molar-refractivity contribution < 1.29 is 9.32 Å². The van der Waals surface area contributed by atoms with Crippen LogP contribution < -0.4 is 10.2 Å². The number of aliphatic hydroxyl groups excluding tert-OH is 1. The summed E-state index contributed by atoms with van der Waals surface area (Å²) < 4.78 is 12.9. The molecule has 4 unspecified atom stereocenters. The minimum Gasteiger partial charge on any atom is -0.394 e. The number of hydrogen-bond acceptors (Lipinski definition) is 6. The van der Waals surface area contributed by atoms with E-state index in [1.165, 1.54) is 5.56 Å². The maximum absolute atomic E-state index is 12.9. The number of aryl methyl sites for hydroxylation is 1. The number of fused-ring (bicyclic) bond motifs is 3. The second-order valence-corrected chi connectivity index (χ2v) is 11.9. The molecule has 6 rings (SSSR count). The lowest BCUT2D eigenvalue weighted by molar-refractivity contribution is 0.143. The summed E-state index contributed by atoms with van der Waals surface area (Å²) >= 11 is 6.09. The van der Waals surface area contributed by atoms with Gasteiger partial charge in [0.1, 0.15) is 10.7 Å². The fourth-order valence-corrected chi connectivity index (χ4v) is 7.53. The average Bonchev–Trinajstić information content (AvgIpc) is 3.38. The van der Waals surface area contributed by atoms with Crippen molar-refractivity contribution in [1.82, 2.24) is 9.97 Å². The minimum atomic E-state index is -1.08. The molecule has 0 radical (unpaired) electrons. The van der Waals surface area contributed by atoms with E-state index in [2.05, 4.69) is 22.3 Å². The van der Waals surface area contributed by atoms with Gasteiger partial charge in [0.15, 0.2) is 0 Å². The molecule has 3 fully saturated rings. The van der Waals surface area contributed by atoms with E-state index in [-0.39, 0.29) is 12.1 Å². The van der Waals surface area contributed by atoms with Crippen molar-refractivity contribution in [3.8, 4) is 0 Å². The van der Waals surface area contributed by atoms with Crippen LogP contribution in [-0.2, 0) is 17.2 Å².